The van der Waals surface area contributed by atoms with E-state index in [-0.39, 0.29) is 17.4 Å². The lowest BCUT2D eigenvalue weighted by atomic mass is 9.87. The first kappa shape index (κ1) is 14.9. The van der Waals surface area contributed by atoms with Gasteiger partial charge in [-0.25, -0.2) is 0 Å². The Bertz CT molecular complexity index is 396. The zero-order valence-electron chi connectivity index (χ0n) is 12.2. The summed E-state index contributed by atoms with van der Waals surface area (Å²) in [5, 5.41) is 19.9. The average molecular weight is 250 g/mol. The maximum absolute atomic E-state index is 10.0. The van der Waals surface area contributed by atoms with Crippen LogP contribution in [-0.2, 0) is 0 Å². The second kappa shape index (κ2) is 6.12. The maximum Gasteiger partial charge on any atom is 0.160 e. The Morgan fingerprint density at radius 2 is 1.61 bits per heavy atom. The van der Waals surface area contributed by atoms with E-state index in [4.69, 9.17) is 0 Å². The van der Waals surface area contributed by atoms with E-state index in [0.29, 0.717) is 11.8 Å². The van der Waals surface area contributed by atoms with E-state index < -0.39 is 0 Å². The molecule has 1 aromatic carbocycles. The monoisotopic (exact) mass is 250 g/mol. The molecule has 0 saturated carbocycles. The summed E-state index contributed by atoms with van der Waals surface area (Å²) in [6, 6.07) is 3.74. The molecule has 1 aromatic rings. The standard InChI is InChI=1S/C16H26O2/c1-6-11(4)13-8-14(12(5)7-10(2)3)16(18)15(17)9-13/h8-12,17-18H,6-7H2,1-5H3. The van der Waals surface area contributed by atoms with E-state index in [1.165, 1.54) is 0 Å². The highest BCUT2D eigenvalue weighted by atomic mass is 16.3. The van der Waals surface area contributed by atoms with Crippen molar-refractivity contribution in [2.24, 2.45) is 5.92 Å². The van der Waals surface area contributed by atoms with Crippen LogP contribution >= 0.6 is 0 Å². The van der Waals surface area contributed by atoms with Crippen molar-refractivity contribution >= 4 is 0 Å². The molecule has 18 heavy (non-hydrogen) atoms. The van der Waals surface area contributed by atoms with Crippen LogP contribution in [0, 0.1) is 5.92 Å². The molecule has 0 spiro atoms. The second-order valence-corrected chi connectivity index (χ2v) is 5.82. The van der Waals surface area contributed by atoms with Crippen molar-refractivity contribution in [3.63, 3.8) is 0 Å². The van der Waals surface area contributed by atoms with Crippen molar-refractivity contribution in [3.05, 3.63) is 23.3 Å². The Balaban J connectivity index is 3.13. The number of hydrogen-bond donors (Lipinski definition) is 2. The molecule has 2 unspecified atom stereocenters. The molecule has 0 heterocycles. The minimum atomic E-state index is 0.0124. The molecule has 0 aliphatic heterocycles. The SMILES string of the molecule is CCC(C)c1cc(O)c(O)c(C(C)CC(C)C)c1. The smallest absolute Gasteiger partial charge is 0.160 e. The van der Waals surface area contributed by atoms with Gasteiger partial charge in [0.25, 0.3) is 0 Å². The molecule has 2 atom stereocenters. The third-order valence-corrected chi connectivity index (χ3v) is 3.68. The van der Waals surface area contributed by atoms with Crippen molar-refractivity contribution in [3.8, 4) is 11.5 Å². The molecule has 102 valence electrons. The van der Waals surface area contributed by atoms with Crippen molar-refractivity contribution in [1.82, 2.24) is 0 Å². The van der Waals surface area contributed by atoms with Gasteiger partial charge in [0.2, 0.25) is 0 Å². The summed E-state index contributed by atoms with van der Waals surface area (Å²) in [4.78, 5) is 0. The fourth-order valence-electron chi connectivity index (χ4n) is 2.39. The van der Waals surface area contributed by atoms with Gasteiger partial charge in [0.05, 0.1) is 0 Å². The highest BCUT2D eigenvalue weighted by Gasteiger charge is 2.17. The van der Waals surface area contributed by atoms with Crippen LogP contribution in [0.3, 0.4) is 0 Å². The molecule has 0 aromatic heterocycles. The van der Waals surface area contributed by atoms with Gasteiger partial charge >= 0.3 is 0 Å². The third-order valence-electron chi connectivity index (χ3n) is 3.68. The second-order valence-electron chi connectivity index (χ2n) is 5.82. The molecule has 2 heteroatoms. The van der Waals surface area contributed by atoms with Crippen molar-refractivity contribution in [2.45, 2.75) is 59.3 Å². The van der Waals surface area contributed by atoms with Crippen molar-refractivity contribution < 1.29 is 10.2 Å². The van der Waals surface area contributed by atoms with Crippen LogP contribution in [0.5, 0.6) is 11.5 Å². The summed E-state index contributed by atoms with van der Waals surface area (Å²) in [5.74, 6) is 1.31. The molecule has 1 rings (SSSR count). The number of rotatable bonds is 5. The predicted molar refractivity (Wildman–Crippen MR) is 76.3 cm³/mol. The zero-order valence-corrected chi connectivity index (χ0v) is 12.2. The van der Waals surface area contributed by atoms with Gasteiger partial charge in [-0.3, -0.25) is 0 Å². The lowest BCUT2D eigenvalue weighted by Crippen LogP contribution is -2.01. The van der Waals surface area contributed by atoms with Gasteiger partial charge in [-0.1, -0.05) is 40.7 Å². The molecule has 0 fully saturated rings. The average Bonchev–Trinajstić information content (AvgIpc) is 2.30. The quantitative estimate of drug-likeness (QED) is 0.740. The number of hydrogen-bond acceptors (Lipinski definition) is 2. The lowest BCUT2D eigenvalue weighted by Gasteiger charge is -2.19. The summed E-state index contributed by atoms with van der Waals surface area (Å²) in [5.41, 5.74) is 1.98. The molecule has 2 nitrogen and oxygen atoms in total. The van der Waals surface area contributed by atoms with Gasteiger partial charge in [0.15, 0.2) is 11.5 Å². The maximum atomic E-state index is 10.0. The predicted octanol–water partition coefficient (Wildman–Crippen LogP) is 4.76. The van der Waals surface area contributed by atoms with Crippen LogP contribution in [0.2, 0.25) is 0 Å². The summed E-state index contributed by atoms with van der Waals surface area (Å²) < 4.78 is 0. The first-order chi connectivity index (χ1) is 8.36. The van der Waals surface area contributed by atoms with Gasteiger partial charge in [-0.15, -0.1) is 0 Å². The Morgan fingerprint density at radius 1 is 1.00 bits per heavy atom. The normalized spacial score (nSPS) is 14.8. The minimum Gasteiger partial charge on any atom is -0.504 e. The zero-order chi connectivity index (χ0) is 13.9. The van der Waals surface area contributed by atoms with Gasteiger partial charge < -0.3 is 10.2 Å². The Hall–Kier alpha value is -1.18. The molecule has 2 N–H and O–H groups in total. The van der Waals surface area contributed by atoms with Crippen molar-refractivity contribution in [2.75, 3.05) is 0 Å². The van der Waals surface area contributed by atoms with Crippen LogP contribution < -0.4 is 0 Å². The number of phenols is 2. The topological polar surface area (TPSA) is 40.5 Å². The van der Waals surface area contributed by atoms with Gasteiger partial charge in [-0.2, -0.15) is 0 Å². The van der Waals surface area contributed by atoms with Gasteiger partial charge in [0.1, 0.15) is 0 Å². The Kier molecular flexibility index (Phi) is 5.06. The largest absolute Gasteiger partial charge is 0.504 e. The molecule has 0 bridgehead atoms. The van der Waals surface area contributed by atoms with Crippen LogP contribution in [-0.4, -0.2) is 10.2 Å². The number of benzene rings is 1. The third kappa shape index (κ3) is 3.41. The van der Waals surface area contributed by atoms with E-state index in [1.54, 1.807) is 6.07 Å². The number of phenolic OH excluding ortho intramolecular Hbond substituents is 2. The highest BCUT2D eigenvalue weighted by Crippen LogP contribution is 2.39. The van der Waals surface area contributed by atoms with Crippen molar-refractivity contribution in [1.29, 1.82) is 0 Å². The van der Waals surface area contributed by atoms with Crippen LogP contribution in [0.4, 0.5) is 0 Å². The first-order valence-electron chi connectivity index (χ1n) is 6.92. The first-order valence-corrected chi connectivity index (χ1v) is 6.92. The molecular weight excluding hydrogens is 224 g/mol. The highest BCUT2D eigenvalue weighted by molar-refractivity contribution is 5.49. The summed E-state index contributed by atoms with van der Waals surface area (Å²) in [7, 11) is 0. The van der Waals surface area contributed by atoms with Crippen LogP contribution in [0.1, 0.15) is 70.4 Å². The summed E-state index contributed by atoms with van der Waals surface area (Å²) in [6.45, 7) is 10.7. The summed E-state index contributed by atoms with van der Waals surface area (Å²) in [6.07, 6.45) is 2.04. The molecular formula is C16H26O2. The molecule has 0 saturated heterocycles. The van der Waals surface area contributed by atoms with Gasteiger partial charge in [0, 0.05) is 5.56 Å². The van der Waals surface area contributed by atoms with E-state index in [0.717, 1.165) is 24.0 Å². The number of aromatic hydroxyl groups is 2. The van der Waals surface area contributed by atoms with Crippen LogP contribution in [0.25, 0.3) is 0 Å². The van der Waals surface area contributed by atoms with Crippen LogP contribution in [0.15, 0.2) is 12.1 Å². The Morgan fingerprint density at radius 3 is 2.11 bits per heavy atom. The molecule has 0 radical (unpaired) electrons. The summed E-state index contributed by atoms with van der Waals surface area (Å²) >= 11 is 0. The van der Waals surface area contributed by atoms with E-state index >= 15 is 0 Å². The van der Waals surface area contributed by atoms with E-state index in [9.17, 15) is 10.2 Å². The minimum absolute atomic E-state index is 0.0124. The van der Waals surface area contributed by atoms with E-state index in [1.807, 2.05) is 0 Å². The molecule has 0 amide bonds. The molecule has 0 aliphatic carbocycles. The fourth-order valence-corrected chi connectivity index (χ4v) is 2.39. The Labute approximate surface area is 111 Å². The fraction of sp³-hybridized carbons (Fsp3) is 0.625. The molecule has 0 aliphatic rings. The van der Waals surface area contributed by atoms with E-state index in [2.05, 4.69) is 40.7 Å². The lowest BCUT2D eigenvalue weighted by molar-refractivity contribution is 0.391. The van der Waals surface area contributed by atoms with Gasteiger partial charge in [-0.05, 0) is 42.2 Å².